The van der Waals surface area contributed by atoms with Crippen LogP contribution in [0.4, 0.5) is 8.78 Å². The quantitative estimate of drug-likeness (QED) is 0.832. The predicted octanol–water partition coefficient (Wildman–Crippen LogP) is 2.86. The third-order valence-corrected chi connectivity index (χ3v) is 2.95. The summed E-state index contributed by atoms with van der Waals surface area (Å²) in [5.41, 5.74) is 0. The average Bonchev–Trinajstić information content (AvgIpc) is 2.59. The second kappa shape index (κ2) is 6.17. The van der Waals surface area contributed by atoms with Crippen LogP contribution in [-0.2, 0) is 0 Å². The zero-order chi connectivity index (χ0) is 11.5. The molecule has 0 spiro atoms. The smallest absolute Gasteiger partial charge is 0.129 e. The zero-order valence-corrected chi connectivity index (χ0v) is 10.5. The van der Waals surface area contributed by atoms with E-state index in [1.807, 2.05) is 7.05 Å². The minimum atomic E-state index is -0.602. The Morgan fingerprint density at radius 2 is 1.94 bits per heavy atom. The summed E-state index contributed by atoms with van der Waals surface area (Å²) in [6.45, 7) is 1.55. The van der Waals surface area contributed by atoms with E-state index in [4.69, 9.17) is 4.74 Å². The first-order valence-corrected chi connectivity index (χ1v) is 5.44. The number of rotatable bonds is 3. The lowest BCUT2D eigenvalue weighted by molar-refractivity contribution is 0.197. The van der Waals surface area contributed by atoms with Crippen LogP contribution in [0.3, 0.4) is 0 Å². The molecule has 2 rings (SSSR count). The van der Waals surface area contributed by atoms with Crippen LogP contribution in [-0.4, -0.2) is 31.1 Å². The van der Waals surface area contributed by atoms with Gasteiger partial charge in [0.15, 0.2) is 0 Å². The molecule has 0 aromatic heterocycles. The fourth-order valence-electron chi connectivity index (χ4n) is 1.99. The molecule has 1 atom stereocenters. The standard InChI is InChI=1S/C12H15F2NO.ClH/c1-15-4-2-3-11(15)8-16-12-6-9(13)5-10(14)7-12;/h5-7,11H,2-4,8H2,1H3;1H. The average molecular weight is 264 g/mol. The molecule has 1 aromatic carbocycles. The van der Waals surface area contributed by atoms with Crippen molar-refractivity contribution < 1.29 is 13.5 Å². The molecule has 1 aromatic rings. The molecule has 0 aliphatic carbocycles. The van der Waals surface area contributed by atoms with Gasteiger partial charge in [0.05, 0.1) is 0 Å². The van der Waals surface area contributed by atoms with Crippen molar-refractivity contribution in [3.05, 3.63) is 29.8 Å². The lowest BCUT2D eigenvalue weighted by Gasteiger charge is -2.19. The Labute approximate surface area is 106 Å². The van der Waals surface area contributed by atoms with Crippen molar-refractivity contribution in [2.75, 3.05) is 20.2 Å². The third-order valence-electron chi connectivity index (χ3n) is 2.95. The second-order valence-corrected chi connectivity index (χ2v) is 4.19. The third kappa shape index (κ3) is 3.82. The van der Waals surface area contributed by atoms with Crippen molar-refractivity contribution in [3.8, 4) is 5.75 Å². The molecule has 0 bridgehead atoms. The minimum absolute atomic E-state index is 0. The van der Waals surface area contributed by atoms with Crippen molar-refractivity contribution in [2.45, 2.75) is 18.9 Å². The van der Waals surface area contributed by atoms with Crippen molar-refractivity contribution in [2.24, 2.45) is 0 Å². The van der Waals surface area contributed by atoms with E-state index >= 15 is 0 Å². The van der Waals surface area contributed by atoms with Gasteiger partial charge in [0.1, 0.15) is 24.0 Å². The summed E-state index contributed by atoms with van der Waals surface area (Å²) in [6, 6.07) is 3.61. The molecule has 2 nitrogen and oxygen atoms in total. The molecule has 1 aliphatic heterocycles. The maximum Gasteiger partial charge on any atom is 0.129 e. The minimum Gasteiger partial charge on any atom is -0.492 e. The summed E-state index contributed by atoms with van der Waals surface area (Å²) in [5, 5.41) is 0. The molecule has 96 valence electrons. The number of benzene rings is 1. The molecule has 1 heterocycles. The molecule has 0 radical (unpaired) electrons. The largest absolute Gasteiger partial charge is 0.492 e. The Kier molecular flexibility index (Phi) is 5.15. The Balaban J connectivity index is 0.00000144. The van der Waals surface area contributed by atoms with Crippen LogP contribution in [0.1, 0.15) is 12.8 Å². The van der Waals surface area contributed by atoms with E-state index in [0.29, 0.717) is 12.6 Å². The van der Waals surface area contributed by atoms with Gasteiger partial charge in [-0.15, -0.1) is 12.4 Å². The molecular weight excluding hydrogens is 248 g/mol. The van der Waals surface area contributed by atoms with Gasteiger partial charge in [0.25, 0.3) is 0 Å². The van der Waals surface area contributed by atoms with Crippen LogP contribution in [0, 0.1) is 11.6 Å². The Morgan fingerprint density at radius 1 is 1.29 bits per heavy atom. The number of likely N-dealkylation sites (tertiary alicyclic amines) is 1. The van der Waals surface area contributed by atoms with Crippen LogP contribution in [0.2, 0.25) is 0 Å². The lowest BCUT2D eigenvalue weighted by Crippen LogP contribution is -2.30. The van der Waals surface area contributed by atoms with Crippen molar-refractivity contribution >= 4 is 12.4 Å². The Morgan fingerprint density at radius 3 is 2.47 bits per heavy atom. The molecule has 0 N–H and O–H groups in total. The molecule has 0 amide bonds. The number of hydrogen-bond acceptors (Lipinski definition) is 2. The van der Waals surface area contributed by atoms with Crippen molar-refractivity contribution in [1.29, 1.82) is 0 Å². The first kappa shape index (κ1) is 14.2. The fraction of sp³-hybridized carbons (Fsp3) is 0.500. The molecule has 1 aliphatic rings. The molecule has 1 saturated heterocycles. The van der Waals surface area contributed by atoms with Crippen LogP contribution in [0.5, 0.6) is 5.75 Å². The number of ether oxygens (including phenoxy) is 1. The maximum absolute atomic E-state index is 12.9. The second-order valence-electron chi connectivity index (χ2n) is 4.19. The first-order valence-electron chi connectivity index (χ1n) is 5.44. The first-order chi connectivity index (χ1) is 7.65. The Bertz CT molecular complexity index is 355. The van der Waals surface area contributed by atoms with Gasteiger partial charge in [-0.3, -0.25) is 0 Å². The Hall–Kier alpha value is -0.870. The number of likely N-dealkylation sites (N-methyl/N-ethyl adjacent to an activating group) is 1. The van der Waals surface area contributed by atoms with E-state index in [9.17, 15) is 8.78 Å². The van der Waals surface area contributed by atoms with E-state index in [1.165, 1.54) is 12.1 Å². The van der Waals surface area contributed by atoms with E-state index in [0.717, 1.165) is 25.5 Å². The summed E-state index contributed by atoms with van der Waals surface area (Å²) < 4.78 is 31.1. The van der Waals surface area contributed by atoms with Gasteiger partial charge in [0.2, 0.25) is 0 Å². The number of nitrogens with zero attached hydrogens (tertiary/aromatic N) is 1. The van der Waals surface area contributed by atoms with E-state index in [-0.39, 0.29) is 18.2 Å². The molecular formula is C12H16ClF2NO. The van der Waals surface area contributed by atoms with Gasteiger partial charge in [-0.1, -0.05) is 0 Å². The highest BCUT2D eigenvalue weighted by molar-refractivity contribution is 5.85. The summed E-state index contributed by atoms with van der Waals surface area (Å²) >= 11 is 0. The van der Waals surface area contributed by atoms with E-state index in [2.05, 4.69) is 4.90 Å². The number of hydrogen-bond donors (Lipinski definition) is 0. The monoisotopic (exact) mass is 263 g/mol. The SMILES string of the molecule is CN1CCCC1COc1cc(F)cc(F)c1.Cl. The van der Waals surface area contributed by atoms with Gasteiger partial charge < -0.3 is 9.64 Å². The highest BCUT2D eigenvalue weighted by atomic mass is 35.5. The van der Waals surface area contributed by atoms with Crippen molar-refractivity contribution in [1.82, 2.24) is 4.90 Å². The van der Waals surface area contributed by atoms with Crippen LogP contribution >= 0.6 is 12.4 Å². The molecule has 5 heteroatoms. The van der Waals surface area contributed by atoms with Gasteiger partial charge >= 0.3 is 0 Å². The maximum atomic E-state index is 12.9. The van der Waals surface area contributed by atoms with Crippen LogP contribution in [0.15, 0.2) is 18.2 Å². The van der Waals surface area contributed by atoms with Crippen LogP contribution < -0.4 is 4.74 Å². The van der Waals surface area contributed by atoms with E-state index in [1.54, 1.807) is 0 Å². The highest BCUT2D eigenvalue weighted by Crippen LogP contribution is 2.19. The van der Waals surface area contributed by atoms with Gasteiger partial charge in [0, 0.05) is 24.2 Å². The lowest BCUT2D eigenvalue weighted by atomic mass is 10.2. The van der Waals surface area contributed by atoms with Gasteiger partial charge in [-0.2, -0.15) is 0 Å². The summed E-state index contributed by atoms with van der Waals surface area (Å²) in [5.74, 6) is -0.942. The highest BCUT2D eigenvalue weighted by Gasteiger charge is 2.21. The topological polar surface area (TPSA) is 12.5 Å². The predicted molar refractivity (Wildman–Crippen MR) is 64.8 cm³/mol. The van der Waals surface area contributed by atoms with Crippen LogP contribution in [0.25, 0.3) is 0 Å². The summed E-state index contributed by atoms with van der Waals surface area (Å²) in [4.78, 5) is 2.20. The summed E-state index contributed by atoms with van der Waals surface area (Å²) in [6.07, 6.45) is 2.23. The molecule has 17 heavy (non-hydrogen) atoms. The normalized spacial score (nSPS) is 20.1. The molecule has 0 saturated carbocycles. The zero-order valence-electron chi connectivity index (χ0n) is 9.66. The molecule has 1 unspecified atom stereocenters. The summed E-state index contributed by atoms with van der Waals surface area (Å²) in [7, 11) is 2.03. The number of halogens is 3. The molecule has 1 fully saturated rings. The van der Waals surface area contributed by atoms with Crippen molar-refractivity contribution in [3.63, 3.8) is 0 Å². The van der Waals surface area contributed by atoms with Gasteiger partial charge in [-0.25, -0.2) is 8.78 Å². The van der Waals surface area contributed by atoms with E-state index < -0.39 is 11.6 Å². The van der Waals surface area contributed by atoms with Gasteiger partial charge in [-0.05, 0) is 26.4 Å². The fourth-order valence-corrected chi connectivity index (χ4v) is 1.99.